The molecule has 1 amide bonds. The standard InChI is InChI=1S/C15H17N5O/c1-12-4-5-14(13(11-12)3-2-7-16)18-15(21)6-9-20-10-8-17-19-20/h4-5,8,10-11H,6-7,9,16H2,1H3,(H,18,21). The van der Waals surface area contributed by atoms with Crippen molar-refractivity contribution in [2.24, 2.45) is 5.73 Å². The van der Waals surface area contributed by atoms with E-state index in [2.05, 4.69) is 27.5 Å². The van der Waals surface area contributed by atoms with Gasteiger partial charge in [0, 0.05) is 18.2 Å². The lowest BCUT2D eigenvalue weighted by Gasteiger charge is -2.08. The molecule has 0 aliphatic rings. The highest BCUT2D eigenvalue weighted by atomic mass is 16.1. The summed E-state index contributed by atoms with van der Waals surface area (Å²) in [6.07, 6.45) is 3.62. The maximum absolute atomic E-state index is 12.0. The van der Waals surface area contributed by atoms with Crippen LogP contribution in [0.1, 0.15) is 17.5 Å². The van der Waals surface area contributed by atoms with Crippen LogP contribution in [0.4, 0.5) is 5.69 Å². The molecule has 21 heavy (non-hydrogen) atoms. The molecule has 3 N–H and O–H groups in total. The number of nitrogens with zero attached hydrogens (tertiary/aromatic N) is 3. The summed E-state index contributed by atoms with van der Waals surface area (Å²) in [5.74, 6) is 5.68. The van der Waals surface area contributed by atoms with Crippen LogP contribution in [0.5, 0.6) is 0 Å². The molecule has 0 aliphatic carbocycles. The Morgan fingerprint density at radius 3 is 3.05 bits per heavy atom. The first-order valence-electron chi connectivity index (χ1n) is 6.62. The minimum absolute atomic E-state index is 0.0925. The van der Waals surface area contributed by atoms with Crippen molar-refractivity contribution in [1.82, 2.24) is 15.0 Å². The van der Waals surface area contributed by atoms with Crippen LogP contribution in [-0.2, 0) is 11.3 Å². The average Bonchev–Trinajstić information content (AvgIpc) is 2.98. The van der Waals surface area contributed by atoms with Crippen LogP contribution in [-0.4, -0.2) is 27.4 Å². The number of hydrogen-bond acceptors (Lipinski definition) is 4. The molecule has 2 aromatic rings. The van der Waals surface area contributed by atoms with Crippen molar-refractivity contribution < 1.29 is 4.79 Å². The number of nitrogens with two attached hydrogens (primary N) is 1. The summed E-state index contributed by atoms with van der Waals surface area (Å²) in [5.41, 5.74) is 7.94. The molecule has 2 rings (SSSR count). The van der Waals surface area contributed by atoms with Crippen LogP contribution >= 0.6 is 0 Å². The molecule has 1 aromatic carbocycles. The zero-order valence-corrected chi connectivity index (χ0v) is 11.8. The second kappa shape index (κ2) is 7.22. The van der Waals surface area contributed by atoms with E-state index in [1.165, 1.54) is 0 Å². The van der Waals surface area contributed by atoms with Crippen LogP contribution in [0.3, 0.4) is 0 Å². The minimum atomic E-state index is -0.0925. The van der Waals surface area contributed by atoms with E-state index < -0.39 is 0 Å². The van der Waals surface area contributed by atoms with Crippen molar-refractivity contribution in [1.29, 1.82) is 0 Å². The molecule has 0 saturated heterocycles. The van der Waals surface area contributed by atoms with E-state index in [4.69, 9.17) is 5.73 Å². The molecule has 0 aliphatic heterocycles. The second-order valence-corrected chi connectivity index (χ2v) is 4.52. The van der Waals surface area contributed by atoms with Crippen molar-refractivity contribution in [2.75, 3.05) is 11.9 Å². The van der Waals surface area contributed by atoms with Gasteiger partial charge in [0.2, 0.25) is 5.91 Å². The van der Waals surface area contributed by atoms with Gasteiger partial charge in [0.05, 0.1) is 25.0 Å². The minimum Gasteiger partial charge on any atom is -0.325 e. The SMILES string of the molecule is Cc1ccc(NC(=O)CCn2ccnn2)c(C#CCN)c1. The predicted octanol–water partition coefficient (Wildman–Crippen LogP) is 0.926. The molecule has 108 valence electrons. The molecule has 0 bridgehead atoms. The van der Waals surface area contributed by atoms with Crippen LogP contribution in [0.15, 0.2) is 30.6 Å². The zero-order chi connectivity index (χ0) is 15.1. The van der Waals surface area contributed by atoms with Crippen LogP contribution in [0.25, 0.3) is 0 Å². The van der Waals surface area contributed by atoms with Gasteiger partial charge in [-0.25, -0.2) is 0 Å². The van der Waals surface area contributed by atoms with Gasteiger partial charge in [-0.15, -0.1) is 5.10 Å². The summed E-state index contributed by atoms with van der Waals surface area (Å²) in [6.45, 7) is 2.75. The van der Waals surface area contributed by atoms with Crippen molar-refractivity contribution in [3.05, 3.63) is 41.7 Å². The van der Waals surface area contributed by atoms with Gasteiger partial charge >= 0.3 is 0 Å². The number of rotatable bonds is 4. The number of aromatic nitrogens is 3. The number of hydrogen-bond donors (Lipinski definition) is 2. The fourth-order valence-corrected chi connectivity index (χ4v) is 1.80. The topological polar surface area (TPSA) is 85.8 Å². The van der Waals surface area contributed by atoms with Gasteiger partial charge < -0.3 is 11.1 Å². The first-order chi connectivity index (χ1) is 10.2. The highest BCUT2D eigenvalue weighted by Crippen LogP contribution is 2.16. The molecule has 1 aromatic heterocycles. The lowest BCUT2D eigenvalue weighted by atomic mass is 10.1. The van der Waals surface area contributed by atoms with Crippen molar-refractivity contribution in [3.8, 4) is 11.8 Å². The lowest BCUT2D eigenvalue weighted by Crippen LogP contribution is -2.15. The number of carbonyl (C=O) groups excluding carboxylic acids is 1. The summed E-state index contributed by atoms with van der Waals surface area (Å²) in [6, 6.07) is 5.71. The Bertz CT molecular complexity index is 667. The smallest absolute Gasteiger partial charge is 0.226 e. The zero-order valence-electron chi connectivity index (χ0n) is 11.8. The number of anilines is 1. The summed E-state index contributed by atoms with van der Waals surface area (Å²) in [7, 11) is 0. The molecule has 1 heterocycles. The van der Waals surface area contributed by atoms with E-state index in [1.54, 1.807) is 17.1 Å². The van der Waals surface area contributed by atoms with E-state index in [0.29, 0.717) is 18.7 Å². The van der Waals surface area contributed by atoms with Crippen LogP contribution in [0.2, 0.25) is 0 Å². The largest absolute Gasteiger partial charge is 0.325 e. The molecular formula is C15H17N5O. The molecule has 0 saturated carbocycles. The third kappa shape index (κ3) is 4.44. The molecule has 0 radical (unpaired) electrons. The highest BCUT2D eigenvalue weighted by Gasteiger charge is 2.06. The number of aryl methyl sites for hydroxylation is 2. The van der Waals surface area contributed by atoms with Gasteiger partial charge in [-0.2, -0.15) is 0 Å². The average molecular weight is 283 g/mol. The Morgan fingerprint density at radius 1 is 1.48 bits per heavy atom. The van der Waals surface area contributed by atoms with Gasteiger partial charge in [0.1, 0.15) is 0 Å². The van der Waals surface area contributed by atoms with E-state index in [9.17, 15) is 4.79 Å². The summed E-state index contributed by atoms with van der Waals surface area (Å²) < 4.78 is 1.61. The highest BCUT2D eigenvalue weighted by molar-refractivity contribution is 5.92. The fourth-order valence-electron chi connectivity index (χ4n) is 1.80. The van der Waals surface area contributed by atoms with E-state index in [-0.39, 0.29) is 12.5 Å². The monoisotopic (exact) mass is 283 g/mol. The van der Waals surface area contributed by atoms with E-state index >= 15 is 0 Å². The van der Waals surface area contributed by atoms with Crippen LogP contribution < -0.4 is 11.1 Å². The van der Waals surface area contributed by atoms with Gasteiger partial charge in [-0.3, -0.25) is 9.48 Å². The summed E-state index contributed by atoms with van der Waals surface area (Å²) >= 11 is 0. The Labute approximate surface area is 123 Å². The van der Waals surface area contributed by atoms with E-state index in [0.717, 1.165) is 11.1 Å². The number of amides is 1. The lowest BCUT2D eigenvalue weighted by molar-refractivity contribution is -0.116. The second-order valence-electron chi connectivity index (χ2n) is 4.52. The maximum Gasteiger partial charge on any atom is 0.226 e. The predicted molar refractivity (Wildman–Crippen MR) is 80.4 cm³/mol. The Kier molecular flexibility index (Phi) is 5.07. The van der Waals surface area contributed by atoms with Gasteiger partial charge in [-0.05, 0) is 24.6 Å². The van der Waals surface area contributed by atoms with Crippen molar-refractivity contribution in [2.45, 2.75) is 19.9 Å². The van der Waals surface area contributed by atoms with Crippen molar-refractivity contribution in [3.63, 3.8) is 0 Å². The first kappa shape index (κ1) is 14.8. The van der Waals surface area contributed by atoms with E-state index in [1.807, 2.05) is 25.1 Å². The van der Waals surface area contributed by atoms with Gasteiger partial charge in [0.15, 0.2) is 0 Å². The van der Waals surface area contributed by atoms with Gasteiger partial charge in [0.25, 0.3) is 0 Å². The summed E-state index contributed by atoms with van der Waals surface area (Å²) in [4.78, 5) is 12.0. The molecule has 0 unspecified atom stereocenters. The molecule has 0 atom stereocenters. The number of nitrogens with one attached hydrogen (secondary N) is 1. The Morgan fingerprint density at radius 2 is 2.33 bits per heavy atom. The third-order valence-corrected chi connectivity index (χ3v) is 2.81. The Balaban J connectivity index is 2.02. The summed E-state index contributed by atoms with van der Waals surface area (Å²) in [5, 5.41) is 10.4. The van der Waals surface area contributed by atoms with Crippen LogP contribution in [0, 0.1) is 18.8 Å². The molecule has 6 heteroatoms. The number of benzene rings is 1. The Hall–Kier alpha value is -2.65. The number of carbonyl (C=O) groups is 1. The fraction of sp³-hybridized carbons (Fsp3) is 0.267. The molecule has 0 spiro atoms. The molecular weight excluding hydrogens is 266 g/mol. The first-order valence-corrected chi connectivity index (χ1v) is 6.62. The van der Waals surface area contributed by atoms with Gasteiger partial charge in [-0.1, -0.05) is 23.1 Å². The van der Waals surface area contributed by atoms with Crippen molar-refractivity contribution >= 4 is 11.6 Å². The molecule has 0 fully saturated rings. The quantitative estimate of drug-likeness (QED) is 0.817. The molecule has 6 nitrogen and oxygen atoms in total. The third-order valence-electron chi connectivity index (χ3n) is 2.81. The normalized spacial score (nSPS) is 9.81. The maximum atomic E-state index is 12.0.